The molecule has 0 aromatic heterocycles. The van der Waals surface area contributed by atoms with Crippen molar-refractivity contribution in [3.8, 4) is 11.5 Å². The molecule has 4 N–H and O–H groups in total. The summed E-state index contributed by atoms with van der Waals surface area (Å²) in [5, 5.41) is 35.0. The quantitative estimate of drug-likeness (QED) is 0.156. The van der Waals surface area contributed by atoms with Gasteiger partial charge in [0.2, 0.25) is 0 Å². The maximum atomic E-state index is 11.5. The molecular weight excluding hydrogens is 563 g/mol. The summed E-state index contributed by atoms with van der Waals surface area (Å²) in [5.74, 6) is -0.171. The second-order valence-electron chi connectivity index (χ2n) is 15.7. The van der Waals surface area contributed by atoms with Crippen LogP contribution in [0.5, 0.6) is 11.5 Å². The average molecular weight is 618 g/mol. The molecule has 0 spiro atoms. The molecule has 0 radical (unpaired) electrons. The van der Waals surface area contributed by atoms with Crippen LogP contribution in [0, 0.1) is 0 Å². The molecule has 0 fully saturated rings. The monoisotopic (exact) mass is 617 g/mol. The van der Waals surface area contributed by atoms with Crippen LogP contribution in [0.4, 0.5) is 0 Å². The number of thioether (sulfide) groups is 2. The van der Waals surface area contributed by atoms with Gasteiger partial charge in [-0.2, -0.15) is 0 Å². The molecule has 5 nitrogen and oxygen atoms in total. The molecule has 42 heavy (non-hydrogen) atoms. The van der Waals surface area contributed by atoms with E-state index in [-0.39, 0.29) is 25.7 Å². The zero-order valence-corrected chi connectivity index (χ0v) is 30.0. The van der Waals surface area contributed by atoms with Gasteiger partial charge in [0.05, 0.1) is 4.08 Å². The Hall–Kier alpha value is -1.83. The Morgan fingerprint density at radius 2 is 1.02 bits per heavy atom. The van der Waals surface area contributed by atoms with E-state index in [1.165, 1.54) is 0 Å². The predicted octanol–water partition coefficient (Wildman–Crippen LogP) is 9.34. The van der Waals surface area contributed by atoms with E-state index < -0.39 is 12.0 Å². The summed E-state index contributed by atoms with van der Waals surface area (Å²) >= 11 is 3.55. The van der Waals surface area contributed by atoms with Crippen LogP contribution in [0.3, 0.4) is 0 Å². The fraction of sp³-hybridized carbons (Fsp3) is 0.629. The summed E-state index contributed by atoms with van der Waals surface area (Å²) in [6.45, 7) is 30.0. The number of carboxylic acids is 1. The molecule has 7 heteroatoms. The van der Waals surface area contributed by atoms with Crippen molar-refractivity contribution < 1.29 is 20.1 Å². The van der Waals surface area contributed by atoms with Crippen LogP contribution in [0.2, 0.25) is 0 Å². The summed E-state index contributed by atoms with van der Waals surface area (Å²) < 4.78 is -0.257. The molecule has 2 aromatic carbocycles. The van der Waals surface area contributed by atoms with E-state index >= 15 is 0 Å². The number of hydrogen-bond donors (Lipinski definition) is 4. The van der Waals surface area contributed by atoms with Gasteiger partial charge in [0.15, 0.2) is 0 Å². The molecule has 0 amide bonds. The first-order valence-corrected chi connectivity index (χ1v) is 16.5. The van der Waals surface area contributed by atoms with Crippen molar-refractivity contribution in [1.29, 1.82) is 0 Å². The largest absolute Gasteiger partial charge is 0.507 e. The van der Waals surface area contributed by atoms with E-state index in [1.54, 1.807) is 30.4 Å². The summed E-state index contributed by atoms with van der Waals surface area (Å²) in [6, 6.07) is 7.86. The maximum absolute atomic E-state index is 11.5. The number of hydrogen-bond acceptors (Lipinski definition) is 6. The zero-order chi connectivity index (χ0) is 32.6. The van der Waals surface area contributed by atoms with Crippen molar-refractivity contribution >= 4 is 29.5 Å². The molecule has 0 saturated heterocycles. The summed E-state index contributed by atoms with van der Waals surface area (Å²) in [5.41, 5.74) is 2.63. The Morgan fingerprint density at radius 1 is 0.690 bits per heavy atom. The van der Waals surface area contributed by atoms with E-state index in [0.717, 1.165) is 32.0 Å². The number of phenols is 2. The van der Waals surface area contributed by atoms with Crippen molar-refractivity contribution in [2.45, 2.75) is 145 Å². The fourth-order valence-corrected chi connectivity index (χ4v) is 7.56. The smallest absolute Gasteiger partial charge is 0.320 e. The molecule has 236 valence electrons. The van der Waals surface area contributed by atoms with Gasteiger partial charge >= 0.3 is 5.97 Å². The van der Waals surface area contributed by atoms with Gasteiger partial charge in [-0.25, -0.2) is 0 Å². The summed E-state index contributed by atoms with van der Waals surface area (Å²) in [6.07, 6.45) is 0.673. The van der Waals surface area contributed by atoms with Gasteiger partial charge < -0.3 is 20.6 Å². The molecule has 0 heterocycles. The molecule has 0 aliphatic rings. The van der Waals surface area contributed by atoms with Crippen LogP contribution in [0.1, 0.15) is 126 Å². The molecular formula is C35H55NO4S2. The molecule has 2 rings (SSSR count). The summed E-state index contributed by atoms with van der Waals surface area (Å²) in [4.78, 5) is 13.5. The van der Waals surface area contributed by atoms with E-state index in [4.69, 9.17) is 0 Å². The molecule has 1 atom stereocenters. The van der Waals surface area contributed by atoms with Crippen LogP contribution >= 0.6 is 23.5 Å². The minimum Gasteiger partial charge on any atom is -0.507 e. The van der Waals surface area contributed by atoms with Gasteiger partial charge in [-0.05, 0) is 79.7 Å². The Labute approximate surface area is 263 Å². The third-order valence-corrected chi connectivity index (χ3v) is 10.0. The first-order valence-electron chi connectivity index (χ1n) is 14.9. The second kappa shape index (κ2) is 12.6. The highest BCUT2D eigenvalue weighted by Crippen LogP contribution is 2.51. The van der Waals surface area contributed by atoms with Gasteiger partial charge in [0.25, 0.3) is 0 Å². The number of rotatable bonds is 10. The van der Waals surface area contributed by atoms with Crippen LogP contribution in [-0.2, 0) is 26.5 Å². The Kier molecular flexibility index (Phi) is 11.0. The van der Waals surface area contributed by atoms with Crippen molar-refractivity contribution in [2.75, 3.05) is 6.54 Å². The van der Waals surface area contributed by atoms with Crippen molar-refractivity contribution in [3.05, 3.63) is 46.5 Å². The van der Waals surface area contributed by atoms with Crippen molar-refractivity contribution in [2.24, 2.45) is 0 Å². The lowest BCUT2D eigenvalue weighted by atomic mass is 9.77. The lowest BCUT2D eigenvalue weighted by molar-refractivity contribution is -0.139. The standard InChI is InChI=1S/C35H55NO4S2/c1-21(30(39)40)36-16-15-34(11,12)27-20-23(19-26(29(27)38)33(8,9)10)42-35(13,14)41-22-17-24(31(2,3)4)28(37)25(18-22)32(5,6)7/h17-21,36-38H,15-16H2,1-14H3,(H,39,40). The summed E-state index contributed by atoms with van der Waals surface area (Å²) in [7, 11) is 0. The van der Waals surface area contributed by atoms with Crippen LogP contribution in [0.25, 0.3) is 0 Å². The first kappa shape index (κ1) is 36.4. The normalized spacial score (nSPS) is 14.2. The van der Waals surface area contributed by atoms with Gasteiger partial charge in [-0.1, -0.05) is 76.2 Å². The molecule has 0 aliphatic heterocycles. The van der Waals surface area contributed by atoms with Crippen LogP contribution in [-0.4, -0.2) is 38.0 Å². The lowest BCUT2D eigenvalue weighted by Gasteiger charge is -2.33. The molecule has 0 saturated carbocycles. The van der Waals surface area contributed by atoms with E-state index in [0.29, 0.717) is 24.5 Å². The highest BCUT2D eigenvalue weighted by Gasteiger charge is 2.33. The SMILES string of the molecule is CC(NCCC(C)(C)c1cc(SC(C)(C)Sc2cc(C(C)(C)C)c(O)c(C(C)(C)C)c2)cc(C(C)(C)C)c1O)C(=O)O. The van der Waals surface area contributed by atoms with Crippen molar-refractivity contribution in [3.63, 3.8) is 0 Å². The van der Waals surface area contributed by atoms with E-state index in [9.17, 15) is 20.1 Å². The number of nitrogens with one attached hydrogen (secondary N) is 1. The van der Waals surface area contributed by atoms with Crippen molar-refractivity contribution in [1.82, 2.24) is 5.32 Å². The highest BCUT2D eigenvalue weighted by molar-refractivity contribution is 8.18. The van der Waals surface area contributed by atoms with Crippen LogP contribution in [0.15, 0.2) is 34.1 Å². The third kappa shape index (κ3) is 9.33. The predicted molar refractivity (Wildman–Crippen MR) is 181 cm³/mol. The zero-order valence-electron chi connectivity index (χ0n) is 28.4. The Bertz CT molecular complexity index is 1240. The maximum Gasteiger partial charge on any atom is 0.320 e. The van der Waals surface area contributed by atoms with Gasteiger partial charge in [0, 0.05) is 32.0 Å². The highest BCUT2D eigenvalue weighted by atomic mass is 32.2. The lowest BCUT2D eigenvalue weighted by Crippen LogP contribution is -2.36. The van der Waals surface area contributed by atoms with Gasteiger partial charge in [-0.15, -0.1) is 23.5 Å². The molecule has 0 aliphatic carbocycles. The second-order valence-corrected chi connectivity index (χ2v) is 19.4. The number of phenolic OH excluding ortho intramolecular Hbond substituents is 2. The fourth-order valence-electron chi connectivity index (χ4n) is 4.98. The number of aromatic hydroxyl groups is 2. The third-order valence-electron chi connectivity index (χ3n) is 7.62. The Balaban J connectivity index is 2.53. The average Bonchev–Trinajstić information content (AvgIpc) is 2.78. The number of benzene rings is 2. The van der Waals surface area contributed by atoms with E-state index in [1.807, 2.05) is 0 Å². The minimum absolute atomic E-state index is 0.200. The number of aliphatic carboxylic acids is 1. The number of carboxylic acid groups (broad SMARTS) is 1. The molecule has 1 unspecified atom stereocenters. The van der Waals surface area contributed by atoms with Gasteiger partial charge in [0.1, 0.15) is 17.5 Å². The Morgan fingerprint density at radius 3 is 1.36 bits per heavy atom. The van der Waals surface area contributed by atoms with E-state index in [2.05, 4.69) is 120 Å². The topological polar surface area (TPSA) is 89.8 Å². The minimum atomic E-state index is -0.873. The van der Waals surface area contributed by atoms with Crippen LogP contribution < -0.4 is 5.32 Å². The molecule has 0 bridgehead atoms. The molecule has 2 aromatic rings. The first-order chi connectivity index (χ1) is 18.8. The van der Waals surface area contributed by atoms with Gasteiger partial charge in [-0.3, -0.25) is 4.79 Å². The number of carbonyl (C=O) groups is 1.